The van der Waals surface area contributed by atoms with Gasteiger partial charge in [0.1, 0.15) is 17.3 Å². The van der Waals surface area contributed by atoms with Crippen LogP contribution in [-0.2, 0) is 13.1 Å². The van der Waals surface area contributed by atoms with Crippen LogP contribution in [-0.4, -0.2) is 29.4 Å². The van der Waals surface area contributed by atoms with E-state index in [0.717, 1.165) is 5.56 Å². The highest BCUT2D eigenvalue weighted by Gasteiger charge is 2.20. The first-order valence-electron chi connectivity index (χ1n) is 11.7. The molecule has 0 spiro atoms. The number of aromatic hydroxyl groups is 1. The van der Waals surface area contributed by atoms with Gasteiger partial charge >= 0.3 is 0 Å². The van der Waals surface area contributed by atoms with Crippen molar-refractivity contribution >= 4 is 55.0 Å². The van der Waals surface area contributed by atoms with Crippen LogP contribution in [0.15, 0.2) is 88.4 Å². The van der Waals surface area contributed by atoms with Crippen LogP contribution >= 0.6 is 27.5 Å². The molecule has 3 aromatic carbocycles. The molecule has 0 bridgehead atoms. The third-order valence-electron chi connectivity index (χ3n) is 6.40. The van der Waals surface area contributed by atoms with Gasteiger partial charge in [-0.1, -0.05) is 48.0 Å². The average Bonchev–Trinajstić information content (AvgIpc) is 3.27. The van der Waals surface area contributed by atoms with E-state index in [-0.39, 0.29) is 24.4 Å². The average molecular weight is 588 g/mol. The SMILES string of the molecule is Nc1cncc2c1c(-c1cccc(O)c1)nn2Cc1nc2cccc(Br)c2c(=O)n1Cc1ccccc1Cl. The Morgan fingerprint density at radius 2 is 1.79 bits per heavy atom. The van der Waals surface area contributed by atoms with Crippen LogP contribution in [0.5, 0.6) is 5.75 Å². The smallest absolute Gasteiger partial charge is 0.262 e. The number of nitrogen functional groups attached to an aromatic ring is 1. The lowest BCUT2D eigenvalue weighted by molar-refractivity contribution is 0.475. The van der Waals surface area contributed by atoms with E-state index < -0.39 is 0 Å². The summed E-state index contributed by atoms with van der Waals surface area (Å²) in [4.78, 5) is 23.0. The number of hydrogen-bond donors (Lipinski definition) is 2. The molecule has 6 aromatic rings. The fraction of sp³-hybridized carbons (Fsp3) is 0.0714. The highest BCUT2D eigenvalue weighted by Crippen LogP contribution is 2.33. The first-order chi connectivity index (χ1) is 18.4. The fourth-order valence-electron chi connectivity index (χ4n) is 4.60. The van der Waals surface area contributed by atoms with Gasteiger partial charge in [0.15, 0.2) is 0 Å². The molecule has 0 saturated carbocycles. The van der Waals surface area contributed by atoms with Crippen LogP contribution in [0.25, 0.3) is 33.1 Å². The van der Waals surface area contributed by atoms with Crippen molar-refractivity contribution in [1.82, 2.24) is 24.3 Å². The molecule has 0 aliphatic rings. The van der Waals surface area contributed by atoms with E-state index in [4.69, 9.17) is 27.4 Å². The van der Waals surface area contributed by atoms with Gasteiger partial charge in [-0.25, -0.2) is 4.98 Å². The molecule has 0 aliphatic carbocycles. The molecule has 0 amide bonds. The van der Waals surface area contributed by atoms with Gasteiger partial charge in [0.2, 0.25) is 0 Å². The van der Waals surface area contributed by atoms with Crippen LogP contribution in [0.3, 0.4) is 0 Å². The summed E-state index contributed by atoms with van der Waals surface area (Å²) >= 11 is 9.97. The highest BCUT2D eigenvalue weighted by molar-refractivity contribution is 9.10. The Balaban J connectivity index is 1.57. The number of pyridine rings is 1. The molecule has 0 radical (unpaired) electrons. The largest absolute Gasteiger partial charge is 0.508 e. The van der Waals surface area contributed by atoms with Crippen LogP contribution in [0.2, 0.25) is 5.02 Å². The van der Waals surface area contributed by atoms with Gasteiger partial charge in [-0.3, -0.25) is 19.0 Å². The zero-order chi connectivity index (χ0) is 26.4. The molecular weight excluding hydrogens is 568 g/mol. The van der Waals surface area contributed by atoms with Gasteiger partial charge in [-0.2, -0.15) is 5.10 Å². The Morgan fingerprint density at radius 1 is 0.974 bits per heavy atom. The second-order valence-corrected chi connectivity index (χ2v) is 10.1. The Morgan fingerprint density at radius 3 is 2.61 bits per heavy atom. The molecule has 0 atom stereocenters. The van der Waals surface area contributed by atoms with Crippen LogP contribution in [0.1, 0.15) is 11.4 Å². The number of nitrogens with two attached hydrogens (primary N) is 1. The Hall–Kier alpha value is -4.21. The summed E-state index contributed by atoms with van der Waals surface area (Å²) in [6, 6.07) is 19.7. The molecule has 8 nitrogen and oxygen atoms in total. The lowest BCUT2D eigenvalue weighted by Crippen LogP contribution is -2.27. The summed E-state index contributed by atoms with van der Waals surface area (Å²) in [5, 5.41) is 16.7. The third kappa shape index (κ3) is 4.19. The molecule has 0 unspecified atom stereocenters. The molecule has 0 fully saturated rings. The van der Waals surface area contributed by atoms with Crippen molar-refractivity contribution in [3.8, 4) is 17.0 Å². The number of phenolic OH excluding ortho intramolecular Hbond substituents is 1. The number of anilines is 1. The van der Waals surface area contributed by atoms with Gasteiger partial charge < -0.3 is 10.8 Å². The number of phenols is 1. The van der Waals surface area contributed by atoms with Gasteiger partial charge in [0.25, 0.3) is 5.56 Å². The summed E-state index contributed by atoms with van der Waals surface area (Å²) < 4.78 is 4.02. The third-order valence-corrected chi connectivity index (χ3v) is 7.43. The topological polar surface area (TPSA) is 112 Å². The monoisotopic (exact) mass is 586 g/mol. The van der Waals surface area contributed by atoms with Crippen molar-refractivity contribution in [2.45, 2.75) is 13.1 Å². The number of fused-ring (bicyclic) bond motifs is 2. The van der Waals surface area contributed by atoms with E-state index in [2.05, 4.69) is 20.9 Å². The molecule has 188 valence electrons. The summed E-state index contributed by atoms with van der Waals surface area (Å²) in [5.74, 6) is 0.614. The molecule has 10 heteroatoms. The van der Waals surface area contributed by atoms with E-state index in [0.29, 0.717) is 54.1 Å². The van der Waals surface area contributed by atoms with E-state index in [1.165, 1.54) is 0 Å². The number of aromatic nitrogens is 5. The number of halogens is 2. The molecule has 3 aromatic heterocycles. The van der Waals surface area contributed by atoms with E-state index in [1.807, 2.05) is 42.5 Å². The molecule has 0 aliphatic heterocycles. The highest BCUT2D eigenvalue weighted by atomic mass is 79.9. The normalized spacial score (nSPS) is 11.4. The maximum Gasteiger partial charge on any atom is 0.262 e. The first kappa shape index (κ1) is 24.1. The number of nitrogens with zero attached hydrogens (tertiary/aromatic N) is 5. The van der Waals surface area contributed by atoms with Gasteiger partial charge in [-0.05, 0) is 51.8 Å². The quantitative estimate of drug-likeness (QED) is 0.271. The Labute approximate surface area is 230 Å². The maximum atomic E-state index is 13.8. The molecule has 3 heterocycles. The molecule has 0 saturated heterocycles. The van der Waals surface area contributed by atoms with Gasteiger partial charge in [0, 0.05) is 15.1 Å². The summed E-state index contributed by atoms with van der Waals surface area (Å²) in [6.07, 6.45) is 3.25. The summed E-state index contributed by atoms with van der Waals surface area (Å²) in [6.45, 7) is 0.402. The van der Waals surface area contributed by atoms with Crippen molar-refractivity contribution in [2.75, 3.05) is 5.73 Å². The predicted octanol–water partition coefficient (Wildman–Crippen LogP) is 5.61. The summed E-state index contributed by atoms with van der Waals surface area (Å²) in [5.41, 5.74) is 9.93. The fourth-order valence-corrected chi connectivity index (χ4v) is 5.32. The number of benzene rings is 3. The lowest BCUT2D eigenvalue weighted by atomic mass is 10.1. The minimum absolute atomic E-state index is 0.119. The van der Waals surface area contributed by atoms with E-state index in [9.17, 15) is 9.90 Å². The van der Waals surface area contributed by atoms with Crippen LogP contribution in [0.4, 0.5) is 5.69 Å². The van der Waals surface area contributed by atoms with Gasteiger partial charge in [-0.15, -0.1) is 0 Å². The molecule has 6 rings (SSSR count). The summed E-state index contributed by atoms with van der Waals surface area (Å²) in [7, 11) is 0. The van der Waals surface area contributed by atoms with Crippen molar-refractivity contribution < 1.29 is 5.11 Å². The van der Waals surface area contributed by atoms with Crippen molar-refractivity contribution in [2.24, 2.45) is 0 Å². The zero-order valence-corrected chi connectivity index (χ0v) is 22.2. The van der Waals surface area contributed by atoms with Crippen LogP contribution < -0.4 is 11.3 Å². The second-order valence-electron chi connectivity index (χ2n) is 8.82. The molecular formula is C28H20BrClN6O2. The van der Waals surface area contributed by atoms with Crippen molar-refractivity contribution in [1.29, 1.82) is 0 Å². The molecule has 38 heavy (non-hydrogen) atoms. The van der Waals surface area contributed by atoms with Crippen LogP contribution in [0, 0.1) is 0 Å². The van der Waals surface area contributed by atoms with E-state index in [1.54, 1.807) is 45.9 Å². The van der Waals surface area contributed by atoms with E-state index >= 15 is 0 Å². The van der Waals surface area contributed by atoms with Crippen molar-refractivity contribution in [3.63, 3.8) is 0 Å². The Kier molecular flexibility index (Phi) is 6.09. The first-order valence-corrected chi connectivity index (χ1v) is 12.9. The minimum atomic E-state index is -0.195. The number of hydrogen-bond acceptors (Lipinski definition) is 6. The number of rotatable bonds is 5. The molecule has 3 N–H and O–H groups in total. The predicted molar refractivity (Wildman–Crippen MR) is 152 cm³/mol. The standard InChI is InChI=1S/C28H20BrClN6O2/c29-19-8-4-10-22-25(19)28(38)35(14-17-5-1-2-9-20(17)30)24(33-22)15-36-23-13-32-12-21(31)26(23)27(34-36)16-6-3-7-18(37)11-16/h1-13,37H,14-15,31H2. The van der Waals surface area contributed by atoms with Crippen molar-refractivity contribution in [3.05, 3.63) is 110 Å². The van der Waals surface area contributed by atoms with Gasteiger partial charge in [0.05, 0.1) is 53.0 Å². The Bertz CT molecular complexity index is 1920. The maximum absolute atomic E-state index is 13.8. The second kappa shape index (κ2) is 9.59. The minimum Gasteiger partial charge on any atom is -0.508 e. The lowest BCUT2D eigenvalue weighted by Gasteiger charge is -2.15. The zero-order valence-electron chi connectivity index (χ0n) is 19.8.